The van der Waals surface area contributed by atoms with Crippen LogP contribution in [0.15, 0.2) is 41.1 Å². The van der Waals surface area contributed by atoms with Crippen molar-refractivity contribution in [3.63, 3.8) is 0 Å². The predicted octanol–water partition coefficient (Wildman–Crippen LogP) is 2.38. The van der Waals surface area contributed by atoms with Gasteiger partial charge in [0, 0.05) is 23.2 Å². The number of para-hydroxylation sites is 1. The Balaban J connectivity index is 1.53. The number of anilines is 1. The summed E-state index contributed by atoms with van der Waals surface area (Å²) in [6, 6.07) is 10.00. The van der Waals surface area contributed by atoms with E-state index < -0.39 is 0 Å². The molecule has 4 rings (SSSR count). The number of carbonyl (C=O) groups excluding carboxylic acids is 1. The largest absolute Gasteiger partial charge is 0.310 e. The number of hydrogen-bond donors (Lipinski definition) is 0. The molecule has 6 nitrogen and oxygen atoms in total. The lowest BCUT2D eigenvalue weighted by atomic mass is 10.0. The Morgan fingerprint density at radius 2 is 2.17 bits per heavy atom. The van der Waals surface area contributed by atoms with Crippen molar-refractivity contribution in [2.24, 2.45) is 0 Å². The molecule has 0 aliphatic carbocycles. The molecule has 23 heavy (non-hydrogen) atoms. The van der Waals surface area contributed by atoms with Crippen molar-refractivity contribution in [1.29, 1.82) is 0 Å². The van der Waals surface area contributed by atoms with Crippen LogP contribution in [-0.4, -0.2) is 32.7 Å². The molecule has 1 amide bonds. The van der Waals surface area contributed by atoms with Crippen LogP contribution in [0.1, 0.15) is 12.0 Å². The summed E-state index contributed by atoms with van der Waals surface area (Å²) in [7, 11) is 0. The van der Waals surface area contributed by atoms with E-state index in [1.807, 2.05) is 39.9 Å². The molecule has 0 bridgehead atoms. The first-order valence-electron chi connectivity index (χ1n) is 7.50. The van der Waals surface area contributed by atoms with E-state index in [0.717, 1.165) is 30.6 Å². The van der Waals surface area contributed by atoms with E-state index in [1.54, 1.807) is 11.3 Å². The second-order valence-electron chi connectivity index (χ2n) is 5.43. The highest BCUT2D eigenvalue weighted by Crippen LogP contribution is 2.26. The zero-order valence-corrected chi connectivity index (χ0v) is 13.2. The van der Waals surface area contributed by atoms with Gasteiger partial charge in [-0.05, 0) is 41.1 Å². The number of aryl methyl sites for hydroxylation is 1. The van der Waals surface area contributed by atoms with Crippen molar-refractivity contribution < 1.29 is 4.79 Å². The molecule has 0 fully saturated rings. The number of carbonyl (C=O) groups is 1. The summed E-state index contributed by atoms with van der Waals surface area (Å²) in [6.07, 6.45) is 2.00. The first-order valence-corrected chi connectivity index (χ1v) is 8.44. The van der Waals surface area contributed by atoms with Crippen LogP contribution in [0.25, 0.3) is 11.4 Å². The molecular formula is C16H15N5OS. The third-order valence-electron chi connectivity index (χ3n) is 3.92. The molecule has 0 radical (unpaired) electrons. The number of tetrazole rings is 1. The summed E-state index contributed by atoms with van der Waals surface area (Å²) >= 11 is 1.58. The fourth-order valence-electron chi connectivity index (χ4n) is 2.82. The molecule has 1 aliphatic rings. The van der Waals surface area contributed by atoms with Crippen LogP contribution < -0.4 is 4.90 Å². The number of thiophene rings is 1. The third-order valence-corrected chi connectivity index (χ3v) is 4.60. The van der Waals surface area contributed by atoms with Gasteiger partial charge in [-0.15, -0.1) is 10.2 Å². The molecule has 0 saturated heterocycles. The molecule has 1 aromatic carbocycles. The van der Waals surface area contributed by atoms with E-state index in [9.17, 15) is 4.79 Å². The summed E-state index contributed by atoms with van der Waals surface area (Å²) in [4.78, 5) is 15.8. The Kier molecular flexibility index (Phi) is 3.63. The lowest BCUT2D eigenvalue weighted by Gasteiger charge is -2.29. The van der Waals surface area contributed by atoms with Crippen LogP contribution in [-0.2, 0) is 17.8 Å². The quantitative estimate of drug-likeness (QED) is 0.742. The second-order valence-corrected chi connectivity index (χ2v) is 6.21. The van der Waals surface area contributed by atoms with Crippen molar-refractivity contribution in [3.05, 3.63) is 46.7 Å². The highest BCUT2D eigenvalue weighted by atomic mass is 32.1. The van der Waals surface area contributed by atoms with Gasteiger partial charge in [0.2, 0.25) is 5.82 Å². The van der Waals surface area contributed by atoms with Crippen LogP contribution in [0.5, 0.6) is 0 Å². The molecule has 3 aromatic rings. The van der Waals surface area contributed by atoms with Gasteiger partial charge in [-0.1, -0.05) is 18.2 Å². The van der Waals surface area contributed by atoms with Crippen molar-refractivity contribution in [2.45, 2.75) is 19.4 Å². The van der Waals surface area contributed by atoms with E-state index in [2.05, 4.69) is 21.5 Å². The zero-order chi connectivity index (χ0) is 15.6. The van der Waals surface area contributed by atoms with Gasteiger partial charge in [-0.25, -0.2) is 0 Å². The monoisotopic (exact) mass is 325 g/mol. The second kappa shape index (κ2) is 5.92. The van der Waals surface area contributed by atoms with Crippen LogP contribution in [0.4, 0.5) is 5.69 Å². The Morgan fingerprint density at radius 3 is 3.04 bits per heavy atom. The lowest BCUT2D eigenvalue weighted by Crippen LogP contribution is -2.38. The van der Waals surface area contributed by atoms with Crippen LogP contribution in [0.2, 0.25) is 0 Å². The number of hydrogen-bond acceptors (Lipinski definition) is 5. The third kappa shape index (κ3) is 2.75. The number of amides is 1. The molecule has 0 atom stereocenters. The highest BCUT2D eigenvalue weighted by molar-refractivity contribution is 7.08. The maximum Gasteiger partial charge on any atom is 0.250 e. The first-order chi connectivity index (χ1) is 11.3. The van der Waals surface area contributed by atoms with Gasteiger partial charge < -0.3 is 4.90 Å². The summed E-state index contributed by atoms with van der Waals surface area (Å²) < 4.78 is 0. The maximum atomic E-state index is 12.6. The Morgan fingerprint density at radius 1 is 1.26 bits per heavy atom. The van der Waals surface area contributed by atoms with Gasteiger partial charge in [0.1, 0.15) is 6.54 Å². The van der Waals surface area contributed by atoms with Crippen molar-refractivity contribution >= 4 is 22.9 Å². The van der Waals surface area contributed by atoms with Crippen molar-refractivity contribution in [1.82, 2.24) is 20.2 Å². The predicted molar refractivity (Wildman–Crippen MR) is 88.2 cm³/mol. The molecule has 0 spiro atoms. The topological polar surface area (TPSA) is 63.9 Å². The fourth-order valence-corrected chi connectivity index (χ4v) is 3.45. The van der Waals surface area contributed by atoms with E-state index in [-0.39, 0.29) is 12.5 Å². The van der Waals surface area contributed by atoms with E-state index >= 15 is 0 Å². The maximum absolute atomic E-state index is 12.6. The van der Waals surface area contributed by atoms with Crippen LogP contribution >= 0.6 is 11.3 Å². The molecule has 0 N–H and O–H groups in total. The van der Waals surface area contributed by atoms with Gasteiger partial charge in [0.25, 0.3) is 5.91 Å². The molecule has 1 aliphatic heterocycles. The molecule has 0 unspecified atom stereocenters. The van der Waals surface area contributed by atoms with Crippen LogP contribution in [0, 0.1) is 0 Å². The first kappa shape index (κ1) is 14.1. The van der Waals surface area contributed by atoms with Gasteiger partial charge in [0.05, 0.1) is 0 Å². The molecule has 3 heterocycles. The highest BCUT2D eigenvalue weighted by Gasteiger charge is 2.23. The molecular weight excluding hydrogens is 310 g/mol. The van der Waals surface area contributed by atoms with Crippen molar-refractivity contribution in [3.8, 4) is 11.4 Å². The fraction of sp³-hybridized carbons (Fsp3) is 0.250. The van der Waals surface area contributed by atoms with Crippen LogP contribution in [0.3, 0.4) is 0 Å². The van der Waals surface area contributed by atoms with E-state index in [1.165, 1.54) is 10.4 Å². The molecule has 2 aromatic heterocycles. The summed E-state index contributed by atoms with van der Waals surface area (Å²) in [5.41, 5.74) is 3.15. The lowest BCUT2D eigenvalue weighted by molar-refractivity contribution is -0.119. The number of fused-ring (bicyclic) bond motifs is 1. The summed E-state index contributed by atoms with van der Waals surface area (Å²) in [5.74, 6) is 0.546. The van der Waals surface area contributed by atoms with Crippen molar-refractivity contribution in [2.75, 3.05) is 11.4 Å². The van der Waals surface area contributed by atoms with E-state index in [0.29, 0.717) is 5.82 Å². The molecule has 7 heteroatoms. The van der Waals surface area contributed by atoms with Gasteiger partial charge in [0.15, 0.2) is 0 Å². The average Bonchev–Trinajstić information content (AvgIpc) is 3.25. The minimum atomic E-state index is -0.00795. The Hall–Kier alpha value is -2.54. The van der Waals surface area contributed by atoms with Gasteiger partial charge >= 0.3 is 0 Å². The minimum Gasteiger partial charge on any atom is -0.310 e. The number of nitrogens with zero attached hydrogens (tertiary/aromatic N) is 5. The zero-order valence-electron chi connectivity index (χ0n) is 12.4. The smallest absolute Gasteiger partial charge is 0.250 e. The summed E-state index contributed by atoms with van der Waals surface area (Å²) in [5, 5.41) is 16.2. The number of rotatable bonds is 3. The molecule has 0 saturated carbocycles. The van der Waals surface area contributed by atoms with Gasteiger partial charge in [-0.3, -0.25) is 4.79 Å². The average molecular weight is 325 g/mol. The summed E-state index contributed by atoms with van der Waals surface area (Å²) in [6.45, 7) is 0.841. The number of aromatic nitrogens is 4. The Labute approximate surface area is 137 Å². The number of benzene rings is 1. The normalized spacial score (nSPS) is 13.8. The van der Waals surface area contributed by atoms with Gasteiger partial charge in [-0.2, -0.15) is 16.1 Å². The molecule has 116 valence electrons. The SMILES string of the molecule is O=C(Cn1nnc(-c2ccsc2)n1)N1CCCc2ccccc21. The standard InChI is InChI=1S/C16H15N5OS/c22-15(20-8-3-5-12-4-1-2-6-14(12)20)10-21-18-16(17-19-21)13-7-9-23-11-13/h1-2,4,6-7,9,11H,3,5,8,10H2. The van der Waals surface area contributed by atoms with E-state index in [4.69, 9.17) is 0 Å². The Bertz CT molecular complexity index is 827. The minimum absolute atomic E-state index is 0.00795.